The highest BCUT2D eigenvalue weighted by Crippen LogP contribution is 2.13. The number of alkyl carbamates (subject to hydrolysis) is 1. The van der Waals surface area contributed by atoms with Crippen molar-refractivity contribution in [2.75, 3.05) is 25.4 Å². The van der Waals surface area contributed by atoms with Crippen LogP contribution in [0.15, 0.2) is 0 Å². The molecule has 0 aromatic carbocycles. The zero-order chi connectivity index (χ0) is 24.8. The first-order valence-electron chi connectivity index (χ1n) is 11.8. The summed E-state index contributed by atoms with van der Waals surface area (Å²) in [6.07, 6.45) is 7.72. The lowest BCUT2D eigenvalue weighted by atomic mass is 10.1. The molecule has 1 N–H and O–H groups in total. The van der Waals surface area contributed by atoms with Crippen LogP contribution in [0, 0.1) is 0 Å². The van der Waals surface area contributed by atoms with Crippen LogP contribution in [-0.2, 0) is 24.3 Å². The molecule has 0 saturated heterocycles. The van der Waals surface area contributed by atoms with Gasteiger partial charge in [0.25, 0.3) is 0 Å². The summed E-state index contributed by atoms with van der Waals surface area (Å²) in [6.45, 7) is 12.2. The SMILES string of the molecule is CCCCCCCCCCS(=O)(=O)N(CCNC(=O)OC(C)(C)C)CC(=O)OC(C)(C)C. The number of carbonyl (C=O) groups excluding carboxylic acids is 2. The fraction of sp³-hybridized carbons (Fsp3) is 0.913. The van der Waals surface area contributed by atoms with Crippen LogP contribution in [0.5, 0.6) is 0 Å². The number of esters is 1. The van der Waals surface area contributed by atoms with Gasteiger partial charge in [0, 0.05) is 13.1 Å². The van der Waals surface area contributed by atoms with Crippen molar-refractivity contribution in [2.45, 2.75) is 111 Å². The number of hydrogen-bond acceptors (Lipinski definition) is 6. The molecule has 0 atom stereocenters. The highest BCUT2D eigenvalue weighted by Gasteiger charge is 2.27. The minimum atomic E-state index is -3.67. The van der Waals surface area contributed by atoms with Gasteiger partial charge in [-0.05, 0) is 48.0 Å². The average molecular weight is 479 g/mol. The lowest BCUT2D eigenvalue weighted by Gasteiger charge is -2.25. The molecular weight excluding hydrogens is 432 g/mol. The van der Waals surface area contributed by atoms with Crippen LogP contribution in [0.25, 0.3) is 0 Å². The summed E-state index contributed by atoms with van der Waals surface area (Å²) in [5, 5.41) is 2.54. The quantitative estimate of drug-likeness (QED) is 0.272. The number of sulfonamides is 1. The van der Waals surface area contributed by atoms with Crippen LogP contribution in [0.2, 0.25) is 0 Å². The van der Waals surface area contributed by atoms with Gasteiger partial charge in [0.05, 0.1) is 5.75 Å². The summed E-state index contributed by atoms with van der Waals surface area (Å²) in [6, 6.07) is 0. The number of carbonyl (C=O) groups is 2. The Morgan fingerprint density at radius 3 is 1.81 bits per heavy atom. The molecule has 0 fully saturated rings. The number of unbranched alkanes of at least 4 members (excludes halogenated alkanes) is 7. The predicted molar refractivity (Wildman–Crippen MR) is 128 cm³/mol. The van der Waals surface area contributed by atoms with E-state index in [0.717, 1.165) is 23.6 Å². The second-order valence-electron chi connectivity index (χ2n) is 10.1. The molecule has 0 aromatic heterocycles. The number of nitrogens with one attached hydrogen (secondary N) is 1. The molecule has 0 saturated carbocycles. The van der Waals surface area contributed by atoms with E-state index >= 15 is 0 Å². The van der Waals surface area contributed by atoms with Gasteiger partial charge in [0.15, 0.2) is 0 Å². The van der Waals surface area contributed by atoms with E-state index in [1.807, 2.05) is 0 Å². The van der Waals surface area contributed by atoms with Gasteiger partial charge in [-0.2, -0.15) is 4.31 Å². The molecule has 0 heterocycles. The number of rotatable bonds is 15. The molecule has 8 nitrogen and oxygen atoms in total. The molecular formula is C23H46N2O6S. The van der Waals surface area contributed by atoms with Gasteiger partial charge < -0.3 is 14.8 Å². The highest BCUT2D eigenvalue weighted by atomic mass is 32.2. The first-order chi connectivity index (χ1) is 14.7. The Labute approximate surface area is 195 Å². The standard InChI is InChI=1S/C23H46N2O6S/c1-8-9-10-11-12-13-14-15-18-32(28,29)25(19-20(26)30-22(2,3)4)17-16-24-21(27)31-23(5,6)7/h8-19H2,1-7H3,(H,24,27). The highest BCUT2D eigenvalue weighted by molar-refractivity contribution is 7.89. The Morgan fingerprint density at radius 2 is 1.31 bits per heavy atom. The Balaban J connectivity index is 4.78. The van der Waals surface area contributed by atoms with Crippen molar-refractivity contribution in [3.05, 3.63) is 0 Å². The van der Waals surface area contributed by atoms with Gasteiger partial charge in [-0.15, -0.1) is 0 Å². The minimum absolute atomic E-state index is 0.0299. The topological polar surface area (TPSA) is 102 Å². The van der Waals surface area contributed by atoms with E-state index < -0.39 is 33.3 Å². The maximum absolute atomic E-state index is 12.9. The minimum Gasteiger partial charge on any atom is -0.459 e. The molecule has 9 heteroatoms. The number of ether oxygens (including phenoxy) is 2. The average Bonchev–Trinajstić information content (AvgIpc) is 2.60. The smallest absolute Gasteiger partial charge is 0.407 e. The Kier molecular flexibility index (Phi) is 14.1. The van der Waals surface area contributed by atoms with Crippen molar-refractivity contribution in [3.8, 4) is 0 Å². The van der Waals surface area contributed by atoms with Gasteiger partial charge >= 0.3 is 12.1 Å². The fourth-order valence-electron chi connectivity index (χ4n) is 2.98. The summed E-state index contributed by atoms with van der Waals surface area (Å²) < 4.78 is 37.3. The van der Waals surface area contributed by atoms with Gasteiger partial charge in [-0.1, -0.05) is 51.9 Å². The monoisotopic (exact) mass is 478 g/mol. The molecule has 0 bridgehead atoms. The van der Waals surface area contributed by atoms with Gasteiger partial charge in [0.2, 0.25) is 10.0 Å². The largest absolute Gasteiger partial charge is 0.459 e. The molecule has 0 unspecified atom stereocenters. The maximum atomic E-state index is 12.9. The van der Waals surface area contributed by atoms with Gasteiger partial charge in [0.1, 0.15) is 17.7 Å². The zero-order valence-corrected chi connectivity index (χ0v) is 22.1. The molecule has 0 aliphatic heterocycles. The molecule has 0 aliphatic carbocycles. The van der Waals surface area contributed by atoms with E-state index in [9.17, 15) is 18.0 Å². The molecule has 0 aliphatic rings. The Morgan fingerprint density at radius 1 is 0.812 bits per heavy atom. The summed E-state index contributed by atoms with van der Waals surface area (Å²) >= 11 is 0. The third-order valence-corrected chi connectivity index (χ3v) is 6.31. The Bertz CT molecular complexity index is 650. The summed E-state index contributed by atoms with van der Waals surface area (Å²) in [4.78, 5) is 24.1. The normalized spacial score (nSPS) is 12.6. The van der Waals surface area contributed by atoms with Crippen LogP contribution in [0.4, 0.5) is 4.79 Å². The maximum Gasteiger partial charge on any atom is 0.407 e. The lowest BCUT2D eigenvalue weighted by Crippen LogP contribution is -2.44. The summed E-state index contributed by atoms with van der Waals surface area (Å²) in [5.41, 5.74) is -1.36. The van der Waals surface area contributed by atoms with Crippen LogP contribution < -0.4 is 5.32 Å². The molecule has 0 aromatic rings. The summed E-state index contributed by atoms with van der Waals surface area (Å²) in [5.74, 6) is -0.647. The molecule has 32 heavy (non-hydrogen) atoms. The van der Waals surface area contributed by atoms with Crippen molar-refractivity contribution < 1.29 is 27.5 Å². The van der Waals surface area contributed by atoms with E-state index in [-0.39, 0.29) is 25.4 Å². The molecule has 0 spiro atoms. The van der Waals surface area contributed by atoms with E-state index in [4.69, 9.17) is 9.47 Å². The second-order valence-corrected chi connectivity index (χ2v) is 12.2. The second kappa shape index (κ2) is 14.7. The third-order valence-electron chi connectivity index (χ3n) is 4.40. The summed E-state index contributed by atoms with van der Waals surface area (Å²) in [7, 11) is -3.67. The number of hydrogen-bond donors (Lipinski definition) is 1. The van der Waals surface area contributed by atoms with Crippen molar-refractivity contribution in [3.63, 3.8) is 0 Å². The van der Waals surface area contributed by atoms with Crippen molar-refractivity contribution in [2.24, 2.45) is 0 Å². The Hall–Kier alpha value is -1.35. The number of amides is 1. The first kappa shape index (κ1) is 30.6. The van der Waals surface area contributed by atoms with E-state index in [0.29, 0.717) is 6.42 Å². The van der Waals surface area contributed by atoms with Crippen LogP contribution >= 0.6 is 0 Å². The van der Waals surface area contributed by atoms with E-state index in [2.05, 4.69) is 12.2 Å². The zero-order valence-electron chi connectivity index (χ0n) is 21.3. The first-order valence-corrected chi connectivity index (χ1v) is 13.4. The molecule has 0 radical (unpaired) electrons. The lowest BCUT2D eigenvalue weighted by molar-refractivity contribution is -0.154. The van der Waals surface area contributed by atoms with Crippen LogP contribution in [-0.4, -0.2) is 61.4 Å². The van der Waals surface area contributed by atoms with Gasteiger partial charge in [-0.3, -0.25) is 4.79 Å². The molecule has 190 valence electrons. The third kappa shape index (κ3) is 17.2. The van der Waals surface area contributed by atoms with E-state index in [1.54, 1.807) is 41.5 Å². The van der Waals surface area contributed by atoms with Crippen LogP contribution in [0.3, 0.4) is 0 Å². The van der Waals surface area contributed by atoms with Crippen molar-refractivity contribution >= 4 is 22.1 Å². The van der Waals surface area contributed by atoms with Gasteiger partial charge in [-0.25, -0.2) is 13.2 Å². The fourth-order valence-corrected chi connectivity index (χ4v) is 4.48. The molecule has 1 amide bonds. The van der Waals surface area contributed by atoms with Crippen molar-refractivity contribution in [1.82, 2.24) is 9.62 Å². The van der Waals surface area contributed by atoms with Crippen molar-refractivity contribution in [1.29, 1.82) is 0 Å². The number of nitrogens with zero attached hydrogens (tertiary/aromatic N) is 1. The van der Waals surface area contributed by atoms with E-state index in [1.165, 1.54) is 25.7 Å². The molecule has 0 rings (SSSR count). The van der Waals surface area contributed by atoms with Crippen LogP contribution in [0.1, 0.15) is 99.8 Å². The predicted octanol–water partition coefficient (Wildman–Crippen LogP) is 4.63.